The molecule has 3 aromatic rings. The van der Waals surface area contributed by atoms with Gasteiger partial charge in [0.15, 0.2) is 17.0 Å². The average Bonchev–Trinajstić information content (AvgIpc) is 3.02. The van der Waals surface area contributed by atoms with Crippen LogP contribution in [0.15, 0.2) is 53.8 Å². The van der Waals surface area contributed by atoms with Crippen LogP contribution in [-0.4, -0.2) is 33.6 Å². The first-order chi connectivity index (χ1) is 12.5. The Balaban J connectivity index is 1.75. The van der Waals surface area contributed by atoms with Gasteiger partial charge in [-0.3, -0.25) is 9.20 Å². The quantitative estimate of drug-likeness (QED) is 0.550. The number of esters is 1. The van der Waals surface area contributed by atoms with Gasteiger partial charge in [0.1, 0.15) is 0 Å². The van der Waals surface area contributed by atoms with Crippen LogP contribution in [0.4, 0.5) is 5.69 Å². The van der Waals surface area contributed by atoms with Crippen molar-refractivity contribution in [3.8, 4) is 0 Å². The van der Waals surface area contributed by atoms with Crippen LogP contribution in [0.1, 0.15) is 23.0 Å². The van der Waals surface area contributed by atoms with E-state index in [1.165, 1.54) is 11.8 Å². The Bertz CT molecular complexity index is 968. The first kappa shape index (κ1) is 18.0. The van der Waals surface area contributed by atoms with Crippen LogP contribution in [0.5, 0.6) is 0 Å². The molecular weight excluding hydrogens is 350 g/mol. The molecule has 0 fully saturated rings. The van der Waals surface area contributed by atoms with Crippen molar-refractivity contribution >= 4 is 34.8 Å². The number of amides is 1. The molecule has 26 heavy (non-hydrogen) atoms. The van der Waals surface area contributed by atoms with Gasteiger partial charge in [-0.15, -0.1) is 0 Å². The number of anilines is 1. The highest BCUT2D eigenvalue weighted by atomic mass is 32.2. The van der Waals surface area contributed by atoms with Crippen molar-refractivity contribution in [3.05, 3.63) is 59.9 Å². The van der Waals surface area contributed by atoms with Gasteiger partial charge in [0.2, 0.25) is 0 Å². The van der Waals surface area contributed by atoms with Gasteiger partial charge in [-0.1, -0.05) is 36.0 Å². The van der Waals surface area contributed by atoms with Gasteiger partial charge in [-0.05, 0) is 43.9 Å². The number of nitrogens with one attached hydrogen (secondary N) is 1. The SMILES string of the molecule is CSc1nc(C(=O)O[C@H](C)C(=O)Nc2ccccc2C)c2ccccn12. The fraction of sp³-hybridized carbons (Fsp3) is 0.211. The van der Waals surface area contributed by atoms with Gasteiger partial charge in [-0.25, -0.2) is 9.78 Å². The second-order valence-corrected chi connectivity index (χ2v) is 6.53. The molecule has 1 amide bonds. The van der Waals surface area contributed by atoms with Crippen LogP contribution in [0.2, 0.25) is 0 Å². The zero-order valence-corrected chi connectivity index (χ0v) is 15.5. The number of hydrogen-bond donors (Lipinski definition) is 1. The maximum atomic E-state index is 12.5. The minimum Gasteiger partial charge on any atom is -0.448 e. The Labute approximate surface area is 155 Å². The normalized spacial score (nSPS) is 12.0. The second kappa shape index (κ2) is 7.61. The zero-order valence-electron chi connectivity index (χ0n) is 14.7. The van der Waals surface area contributed by atoms with E-state index in [-0.39, 0.29) is 11.6 Å². The molecule has 0 aliphatic rings. The maximum Gasteiger partial charge on any atom is 0.360 e. The van der Waals surface area contributed by atoms with Crippen LogP contribution < -0.4 is 5.32 Å². The summed E-state index contributed by atoms with van der Waals surface area (Å²) in [5.74, 6) is -1.01. The van der Waals surface area contributed by atoms with Crippen molar-refractivity contribution in [2.45, 2.75) is 25.1 Å². The number of pyridine rings is 1. The molecule has 7 heteroatoms. The van der Waals surface area contributed by atoms with Gasteiger partial charge >= 0.3 is 5.97 Å². The van der Waals surface area contributed by atoms with E-state index in [0.29, 0.717) is 16.4 Å². The van der Waals surface area contributed by atoms with Gasteiger partial charge in [0, 0.05) is 11.9 Å². The van der Waals surface area contributed by atoms with Crippen molar-refractivity contribution in [2.24, 2.45) is 0 Å². The number of aryl methyl sites for hydroxylation is 1. The van der Waals surface area contributed by atoms with E-state index in [4.69, 9.17) is 4.74 Å². The third-order valence-corrected chi connectivity index (χ3v) is 4.60. The Morgan fingerprint density at radius 2 is 1.92 bits per heavy atom. The predicted molar refractivity (Wildman–Crippen MR) is 102 cm³/mol. The molecule has 0 radical (unpaired) electrons. The standard InChI is InChI=1S/C19H19N3O3S/c1-12-8-4-5-9-14(12)20-17(23)13(2)25-18(24)16-15-10-6-7-11-22(15)19(21-16)26-3/h4-11,13H,1-3H3,(H,20,23)/t13-/m1/s1. The van der Waals surface area contributed by atoms with E-state index < -0.39 is 12.1 Å². The van der Waals surface area contributed by atoms with Crippen LogP contribution in [-0.2, 0) is 9.53 Å². The Hall–Kier alpha value is -2.80. The first-order valence-corrected chi connectivity index (χ1v) is 9.32. The molecule has 1 aromatic carbocycles. The summed E-state index contributed by atoms with van der Waals surface area (Å²) in [7, 11) is 0. The fourth-order valence-corrected chi connectivity index (χ4v) is 3.06. The Morgan fingerprint density at radius 1 is 1.19 bits per heavy atom. The Morgan fingerprint density at radius 3 is 2.65 bits per heavy atom. The lowest BCUT2D eigenvalue weighted by molar-refractivity contribution is -0.123. The Kier molecular flexibility index (Phi) is 5.27. The van der Waals surface area contributed by atoms with Gasteiger partial charge < -0.3 is 10.1 Å². The smallest absolute Gasteiger partial charge is 0.360 e. The molecule has 1 N–H and O–H groups in total. The molecule has 0 unspecified atom stereocenters. The molecule has 134 valence electrons. The molecule has 2 aromatic heterocycles. The number of ether oxygens (including phenoxy) is 1. The number of carbonyl (C=O) groups is 2. The van der Waals surface area contributed by atoms with Crippen molar-refractivity contribution in [1.82, 2.24) is 9.38 Å². The molecule has 0 saturated heterocycles. The number of rotatable bonds is 5. The largest absolute Gasteiger partial charge is 0.448 e. The number of para-hydroxylation sites is 1. The lowest BCUT2D eigenvalue weighted by Gasteiger charge is -2.14. The fourth-order valence-electron chi connectivity index (χ4n) is 2.52. The number of benzene rings is 1. The number of thioether (sulfide) groups is 1. The molecule has 0 spiro atoms. The molecule has 6 nitrogen and oxygen atoms in total. The average molecular weight is 369 g/mol. The highest BCUT2D eigenvalue weighted by molar-refractivity contribution is 7.98. The van der Waals surface area contributed by atoms with E-state index in [2.05, 4.69) is 10.3 Å². The van der Waals surface area contributed by atoms with Gasteiger partial charge in [0.05, 0.1) is 5.52 Å². The molecular formula is C19H19N3O3S. The van der Waals surface area contributed by atoms with Crippen LogP contribution in [0.3, 0.4) is 0 Å². The van der Waals surface area contributed by atoms with E-state index in [9.17, 15) is 9.59 Å². The number of carbonyl (C=O) groups excluding carboxylic acids is 2. The van der Waals surface area contributed by atoms with E-state index in [0.717, 1.165) is 5.56 Å². The van der Waals surface area contributed by atoms with Crippen LogP contribution in [0, 0.1) is 6.92 Å². The summed E-state index contributed by atoms with van der Waals surface area (Å²) in [4.78, 5) is 29.2. The van der Waals surface area contributed by atoms with Gasteiger partial charge in [0.25, 0.3) is 5.91 Å². The molecule has 0 bridgehead atoms. The number of nitrogens with zero attached hydrogens (tertiary/aromatic N) is 2. The van der Waals surface area contributed by atoms with E-state index in [1.54, 1.807) is 19.1 Å². The molecule has 0 aliphatic heterocycles. The molecule has 0 aliphatic carbocycles. The van der Waals surface area contributed by atoms with E-state index in [1.807, 2.05) is 54.1 Å². The number of aromatic nitrogens is 2. The minimum atomic E-state index is -0.944. The maximum absolute atomic E-state index is 12.5. The highest BCUT2D eigenvalue weighted by Gasteiger charge is 2.23. The summed E-state index contributed by atoms with van der Waals surface area (Å²) in [5, 5.41) is 3.46. The first-order valence-electron chi connectivity index (χ1n) is 8.10. The summed E-state index contributed by atoms with van der Waals surface area (Å²) in [6.07, 6.45) is 2.77. The summed E-state index contributed by atoms with van der Waals surface area (Å²) in [5.41, 5.74) is 2.47. The number of fused-ring (bicyclic) bond motifs is 1. The van der Waals surface area contributed by atoms with Crippen LogP contribution >= 0.6 is 11.8 Å². The molecule has 2 heterocycles. The van der Waals surface area contributed by atoms with E-state index >= 15 is 0 Å². The molecule has 3 rings (SSSR count). The number of imidazole rings is 1. The summed E-state index contributed by atoms with van der Waals surface area (Å²) < 4.78 is 7.16. The third-order valence-electron chi connectivity index (χ3n) is 3.95. The summed E-state index contributed by atoms with van der Waals surface area (Å²) >= 11 is 1.43. The second-order valence-electron chi connectivity index (χ2n) is 5.75. The summed E-state index contributed by atoms with van der Waals surface area (Å²) in [6.45, 7) is 3.44. The number of hydrogen-bond acceptors (Lipinski definition) is 5. The zero-order chi connectivity index (χ0) is 18.7. The molecule has 0 saturated carbocycles. The topological polar surface area (TPSA) is 72.7 Å². The van der Waals surface area contributed by atoms with Crippen molar-refractivity contribution in [2.75, 3.05) is 11.6 Å². The van der Waals surface area contributed by atoms with Crippen molar-refractivity contribution in [3.63, 3.8) is 0 Å². The van der Waals surface area contributed by atoms with Gasteiger partial charge in [-0.2, -0.15) is 0 Å². The summed E-state index contributed by atoms with van der Waals surface area (Å²) in [6, 6.07) is 12.9. The van der Waals surface area contributed by atoms with Crippen molar-refractivity contribution < 1.29 is 14.3 Å². The van der Waals surface area contributed by atoms with Crippen LogP contribution in [0.25, 0.3) is 5.52 Å². The lowest BCUT2D eigenvalue weighted by Crippen LogP contribution is -2.30. The van der Waals surface area contributed by atoms with Crippen molar-refractivity contribution in [1.29, 1.82) is 0 Å². The lowest BCUT2D eigenvalue weighted by atomic mass is 10.2. The third kappa shape index (κ3) is 3.57. The highest BCUT2D eigenvalue weighted by Crippen LogP contribution is 2.21. The monoisotopic (exact) mass is 369 g/mol. The molecule has 1 atom stereocenters. The minimum absolute atomic E-state index is 0.200. The predicted octanol–water partition coefficient (Wildman–Crippen LogP) is 3.55.